The van der Waals surface area contributed by atoms with Crippen molar-refractivity contribution in [2.45, 2.75) is 45.1 Å². The van der Waals surface area contributed by atoms with Gasteiger partial charge >= 0.3 is 0 Å². The van der Waals surface area contributed by atoms with E-state index in [4.69, 9.17) is 16.3 Å². The number of likely N-dealkylation sites (tertiary alicyclic amines) is 1. The molecule has 2 fully saturated rings. The van der Waals surface area contributed by atoms with Crippen LogP contribution in [0.25, 0.3) is 0 Å². The van der Waals surface area contributed by atoms with Gasteiger partial charge in [-0.3, -0.25) is 4.79 Å². The molecule has 0 bridgehead atoms. The molecular formula is C21H25ClN2O3. The summed E-state index contributed by atoms with van der Waals surface area (Å²) in [6.45, 7) is 2.73. The molecule has 1 aliphatic heterocycles. The van der Waals surface area contributed by atoms with Crippen LogP contribution in [0.15, 0.2) is 12.1 Å². The second kappa shape index (κ2) is 8.31. The normalized spacial score (nSPS) is 27.4. The lowest BCUT2D eigenvalue weighted by Crippen LogP contribution is -2.53. The van der Waals surface area contributed by atoms with Gasteiger partial charge in [-0.2, -0.15) is 5.26 Å². The summed E-state index contributed by atoms with van der Waals surface area (Å²) in [4.78, 5) is 26.4. The summed E-state index contributed by atoms with van der Waals surface area (Å²) in [5.74, 6) is 1.31. The minimum absolute atomic E-state index is 0.0270. The van der Waals surface area contributed by atoms with Crippen LogP contribution in [0.1, 0.15) is 43.7 Å². The molecular weight excluding hydrogens is 364 g/mol. The van der Waals surface area contributed by atoms with Crippen molar-refractivity contribution < 1.29 is 14.3 Å². The minimum Gasteiger partial charge on any atom is -0.495 e. The molecule has 1 heterocycles. The first-order valence-corrected chi connectivity index (χ1v) is 9.89. The number of aldehydes is 1. The number of hydrogen-bond donors (Lipinski definition) is 0. The van der Waals surface area contributed by atoms with E-state index in [2.05, 4.69) is 13.0 Å². The molecule has 1 aliphatic carbocycles. The van der Waals surface area contributed by atoms with E-state index in [1.165, 1.54) is 7.11 Å². The number of hydrogen-bond acceptors (Lipinski definition) is 4. The lowest BCUT2D eigenvalue weighted by Gasteiger charge is -2.48. The Kier molecular flexibility index (Phi) is 6.06. The van der Waals surface area contributed by atoms with Gasteiger partial charge in [0.15, 0.2) is 0 Å². The molecule has 1 amide bonds. The predicted octanol–water partition coefficient (Wildman–Crippen LogP) is 3.61. The first kappa shape index (κ1) is 19.7. The first-order valence-electron chi connectivity index (χ1n) is 9.52. The molecule has 2 aliphatic rings. The van der Waals surface area contributed by atoms with E-state index in [1.807, 2.05) is 4.90 Å². The third-order valence-corrected chi connectivity index (χ3v) is 6.78. The number of amides is 1. The molecule has 4 atom stereocenters. The molecule has 144 valence electrons. The maximum atomic E-state index is 13.1. The maximum absolute atomic E-state index is 13.1. The second-order valence-electron chi connectivity index (χ2n) is 7.57. The van der Waals surface area contributed by atoms with Gasteiger partial charge in [0.25, 0.3) is 0 Å². The third kappa shape index (κ3) is 3.68. The zero-order valence-electron chi connectivity index (χ0n) is 15.8. The van der Waals surface area contributed by atoms with Gasteiger partial charge in [-0.1, -0.05) is 18.0 Å². The number of fused-ring (bicyclic) bond motifs is 1. The van der Waals surface area contributed by atoms with Crippen LogP contribution < -0.4 is 4.74 Å². The van der Waals surface area contributed by atoms with E-state index in [9.17, 15) is 14.9 Å². The van der Waals surface area contributed by atoms with Crippen LogP contribution in [0.3, 0.4) is 0 Å². The number of rotatable bonds is 4. The minimum atomic E-state index is -0.0270. The topological polar surface area (TPSA) is 70.4 Å². The number of methoxy groups -OCH3 is 1. The van der Waals surface area contributed by atoms with Crippen molar-refractivity contribution in [1.29, 1.82) is 5.26 Å². The molecule has 1 saturated heterocycles. The standard InChI is InChI=1S/C21H25ClN2O3/c1-13-16-5-3-4-15(12-25)17(16)8-9-24(13)20(26)10-18-14(11-23)6-7-19(27-2)21(18)22/h6-7,12-13,15-17H,3-5,8-10H2,1-2H3/t13-,15?,16+,17-/m0/s1. The van der Waals surface area contributed by atoms with Gasteiger partial charge in [-0.05, 0) is 50.2 Å². The average Bonchev–Trinajstić information content (AvgIpc) is 2.69. The van der Waals surface area contributed by atoms with Crippen LogP contribution in [0, 0.1) is 29.1 Å². The quantitative estimate of drug-likeness (QED) is 0.738. The summed E-state index contributed by atoms with van der Waals surface area (Å²) in [6, 6.07) is 5.49. The summed E-state index contributed by atoms with van der Waals surface area (Å²) in [6.07, 6.45) is 5.12. The van der Waals surface area contributed by atoms with E-state index >= 15 is 0 Å². The Balaban J connectivity index is 1.80. The smallest absolute Gasteiger partial charge is 0.227 e. The molecule has 1 aromatic carbocycles. The lowest BCUT2D eigenvalue weighted by atomic mass is 9.66. The zero-order valence-corrected chi connectivity index (χ0v) is 16.5. The Hall–Kier alpha value is -2.06. The monoisotopic (exact) mass is 388 g/mol. The van der Waals surface area contributed by atoms with Gasteiger partial charge in [0.1, 0.15) is 12.0 Å². The second-order valence-corrected chi connectivity index (χ2v) is 7.95. The number of ether oxygens (including phenoxy) is 1. The molecule has 1 unspecified atom stereocenters. The van der Waals surface area contributed by atoms with Gasteiger partial charge in [-0.15, -0.1) is 0 Å². The highest BCUT2D eigenvalue weighted by Gasteiger charge is 2.42. The molecule has 0 N–H and O–H groups in total. The molecule has 6 heteroatoms. The fraction of sp³-hybridized carbons (Fsp3) is 0.571. The molecule has 27 heavy (non-hydrogen) atoms. The Morgan fingerprint density at radius 3 is 2.81 bits per heavy atom. The summed E-state index contributed by atoms with van der Waals surface area (Å²) < 4.78 is 5.23. The number of halogens is 1. The summed E-state index contributed by atoms with van der Waals surface area (Å²) >= 11 is 6.38. The average molecular weight is 389 g/mol. The molecule has 0 radical (unpaired) electrons. The third-order valence-electron chi connectivity index (χ3n) is 6.36. The lowest BCUT2D eigenvalue weighted by molar-refractivity contribution is -0.138. The van der Waals surface area contributed by atoms with Crippen molar-refractivity contribution in [3.8, 4) is 11.8 Å². The summed E-state index contributed by atoms with van der Waals surface area (Å²) in [5, 5.41) is 9.71. The number of nitriles is 1. The van der Waals surface area contributed by atoms with Crippen LogP contribution in [0.5, 0.6) is 5.75 Å². The molecule has 5 nitrogen and oxygen atoms in total. The van der Waals surface area contributed by atoms with Crippen LogP contribution in [0.2, 0.25) is 5.02 Å². The van der Waals surface area contributed by atoms with E-state index in [1.54, 1.807) is 12.1 Å². The molecule has 3 rings (SSSR count). The number of nitrogens with zero attached hydrogens (tertiary/aromatic N) is 2. The highest BCUT2D eigenvalue weighted by atomic mass is 35.5. The van der Waals surface area contributed by atoms with Crippen LogP contribution in [-0.2, 0) is 16.0 Å². The van der Waals surface area contributed by atoms with Crippen molar-refractivity contribution in [2.24, 2.45) is 17.8 Å². The highest BCUT2D eigenvalue weighted by molar-refractivity contribution is 6.33. The van der Waals surface area contributed by atoms with Crippen molar-refractivity contribution in [2.75, 3.05) is 13.7 Å². The number of benzene rings is 1. The molecule has 1 aromatic rings. The van der Waals surface area contributed by atoms with Gasteiger partial charge in [0, 0.05) is 24.1 Å². The fourth-order valence-corrected chi connectivity index (χ4v) is 5.20. The Bertz CT molecular complexity index is 773. The first-order chi connectivity index (χ1) is 13.0. The van der Waals surface area contributed by atoms with E-state index in [0.717, 1.165) is 32.0 Å². The molecule has 0 aromatic heterocycles. The fourth-order valence-electron chi connectivity index (χ4n) is 4.89. The van der Waals surface area contributed by atoms with E-state index < -0.39 is 0 Å². The molecule has 1 saturated carbocycles. The Morgan fingerprint density at radius 2 is 2.15 bits per heavy atom. The van der Waals surface area contributed by atoms with E-state index in [-0.39, 0.29) is 24.3 Å². The van der Waals surface area contributed by atoms with Crippen molar-refractivity contribution in [1.82, 2.24) is 4.90 Å². The largest absolute Gasteiger partial charge is 0.495 e. The van der Waals surface area contributed by atoms with Crippen LogP contribution >= 0.6 is 11.6 Å². The summed E-state index contributed by atoms with van der Waals surface area (Å²) in [5.41, 5.74) is 0.919. The Labute approximate surface area is 165 Å². The van der Waals surface area contributed by atoms with Crippen molar-refractivity contribution in [3.63, 3.8) is 0 Å². The molecule has 0 spiro atoms. The number of piperidine rings is 1. The maximum Gasteiger partial charge on any atom is 0.227 e. The zero-order chi connectivity index (χ0) is 19.6. The van der Waals surface area contributed by atoms with Gasteiger partial charge < -0.3 is 14.4 Å². The predicted molar refractivity (Wildman–Crippen MR) is 103 cm³/mol. The highest BCUT2D eigenvalue weighted by Crippen LogP contribution is 2.42. The van der Waals surface area contributed by atoms with Crippen molar-refractivity contribution >= 4 is 23.8 Å². The summed E-state index contributed by atoms with van der Waals surface area (Å²) in [7, 11) is 1.51. The van der Waals surface area contributed by atoms with Crippen LogP contribution in [0.4, 0.5) is 0 Å². The number of carbonyl (C=O) groups excluding carboxylic acids is 2. The SMILES string of the molecule is COc1ccc(C#N)c(CC(=O)N2CC[C@H]3C(C=O)CCC[C@@H]3[C@@H]2C)c1Cl. The van der Waals surface area contributed by atoms with Gasteiger partial charge in [0.2, 0.25) is 5.91 Å². The van der Waals surface area contributed by atoms with Crippen LogP contribution in [-0.4, -0.2) is 36.8 Å². The van der Waals surface area contributed by atoms with E-state index in [0.29, 0.717) is 40.3 Å². The van der Waals surface area contributed by atoms with Crippen molar-refractivity contribution in [3.05, 3.63) is 28.3 Å². The van der Waals surface area contributed by atoms with Gasteiger partial charge in [-0.25, -0.2) is 0 Å². The number of carbonyl (C=O) groups is 2. The van der Waals surface area contributed by atoms with Gasteiger partial charge in [0.05, 0.1) is 30.2 Å². The Morgan fingerprint density at radius 1 is 1.37 bits per heavy atom.